The zero-order valence-electron chi connectivity index (χ0n) is 8.76. The molecule has 0 unspecified atom stereocenters. The molecule has 0 aromatic heterocycles. The first-order valence-corrected chi connectivity index (χ1v) is 4.07. The number of hydrogen-bond donors (Lipinski definition) is 0. The van der Waals surface area contributed by atoms with Gasteiger partial charge in [0, 0.05) is 0 Å². The van der Waals surface area contributed by atoms with E-state index in [1.54, 1.807) is 20.8 Å². The Morgan fingerprint density at radius 2 is 1.27 bits per heavy atom. The summed E-state index contributed by atoms with van der Waals surface area (Å²) in [6, 6.07) is 0. The summed E-state index contributed by atoms with van der Waals surface area (Å²) < 4.78 is 0. The van der Waals surface area contributed by atoms with E-state index < -0.39 is 5.60 Å². The minimum Gasteiger partial charge on any atom is -0.358 e. The van der Waals surface area contributed by atoms with Crippen LogP contribution >= 0.6 is 0 Å². The van der Waals surface area contributed by atoms with Crippen molar-refractivity contribution in [2.24, 2.45) is 5.34 Å². The largest absolute Gasteiger partial charge is 0.358 e. The fraction of sp³-hybridized carbons (Fsp3) is 1.00. The van der Waals surface area contributed by atoms with Crippen molar-refractivity contribution in [3.8, 4) is 0 Å². The van der Waals surface area contributed by atoms with Crippen LogP contribution in [0.15, 0.2) is 5.34 Å². The third kappa shape index (κ3) is 44.5. The molecule has 0 heterocycles. The van der Waals surface area contributed by atoms with E-state index in [2.05, 4.69) is 10.2 Å². The maximum atomic E-state index is 9.35. The van der Waals surface area contributed by atoms with Gasteiger partial charge in [-0.1, -0.05) is 27.7 Å². The number of nitrogens with zero attached hydrogens (tertiary/aromatic N) is 1. The van der Waals surface area contributed by atoms with Crippen LogP contribution in [0.2, 0.25) is 0 Å². The Kier molecular flexibility index (Phi) is 18.5. The Hall–Kier alpha value is -0.600. The minimum atomic E-state index is -0.429. The summed E-state index contributed by atoms with van der Waals surface area (Å²) in [6.07, 6.45) is 0. The molecule has 0 rings (SSSR count). The van der Waals surface area contributed by atoms with Crippen molar-refractivity contribution < 1.29 is 4.84 Å². The zero-order valence-corrected chi connectivity index (χ0v) is 8.76. The Balaban J connectivity index is -0.000000138. The molecule has 11 heavy (non-hydrogen) atoms. The molecule has 0 aliphatic carbocycles. The third-order valence-corrected chi connectivity index (χ3v) is 0.311. The predicted molar refractivity (Wildman–Crippen MR) is 49.3 cm³/mol. The molecule has 0 bridgehead atoms. The lowest BCUT2D eigenvalue weighted by molar-refractivity contribution is -0.00229. The van der Waals surface area contributed by atoms with Gasteiger partial charge in [-0.3, -0.25) is 0 Å². The Bertz CT molecular complexity index is 67.0. The van der Waals surface area contributed by atoms with Crippen molar-refractivity contribution in [3.05, 3.63) is 4.91 Å². The highest BCUT2D eigenvalue weighted by atomic mass is 16.7. The van der Waals surface area contributed by atoms with Gasteiger partial charge in [0.05, 0.1) is 0 Å². The predicted octanol–water partition coefficient (Wildman–Crippen LogP) is 3.54. The van der Waals surface area contributed by atoms with Gasteiger partial charge < -0.3 is 4.84 Å². The molecule has 0 saturated heterocycles. The highest BCUT2D eigenvalue weighted by molar-refractivity contribution is 4.55. The lowest BCUT2D eigenvalue weighted by Crippen LogP contribution is -2.14. The summed E-state index contributed by atoms with van der Waals surface area (Å²) in [6.45, 7) is 13.3. The van der Waals surface area contributed by atoms with Crippen molar-refractivity contribution in [1.82, 2.24) is 0 Å². The van der Waals surface area contributed by atoms with Crippen molar-refractivity contribution in [3.63, 3.8) is 0 Å². The molecule has 0 aromatic carbocycles. The van der Waals surface area contributed by atoms with E-state index in [-0.39, 0.29) is 0 Å². The average Bonchev–Trinajstić information content (AvgIpc) is 1.94. The van der Waals surface area contributed by atoms with E-state index in [4.69, 9.17) is 0 Å². The van der Waals surface area contributed by atoms with Crippen LogP contribution in [-0.2, 0) is 4.84 Å². The molecular weight excluding hydrogens is 142 g/mol. The summed E-state index contributed by atoms with van der Waals surface area (Å²) in [7, 11) is 0. The topological polar surface area (TPSA) is 38.7 Å². The van der Waals surface area contributed by atoms with Crippen molar-refractivity contribution >= 4 is 0 Å². The van der Waals surface area contributed by atoms with Crippen molar-refractivity contribution in [2.75, 3.05) is 0 Å². The van der Waals surface area contributed by atoms with Crippen LogP contribution < -0.4 is 0 Å². The van der Waals surface area contributed by atoms with Gasteiger partial charge in [-0.25, -0.2) is 0 Å². The fourth-order valence-corrected chi connectivity index (χ4v) is 0.112. The maximum Gasteiger partial charge on any atom is 0.155 e. The Morgan fingerprint density at radius 3 is 1.27 bits per heavy atom. The van der Waals surface area contributed by atoms with Crippen molar-refractivity contribution in [1.29, 1.82) is 0 Å². The van der Waals surface area contributed by atoms with Crippen LogP contribution in [0.4, 0.5) is 0 Å². The van der Waals surface area contributed by atoms with Crippen LogP contribution in [-0.4, -0.2) is 5.60 Å². The average molecular weight is 163 g/mol. The first kappa shape index (κ1) is 16.8. The van der Waals surface area contributed by atoms with E-state index in [0.29, 0.717) is 0 Å². The molecular formula is C8H21NO2. The molecule has 0 amide bonds. The minimum absolute atomic E-state index is 0.429. The van der Waals surface area contributed by atoms with Crippen LogP contribution in [0.3, 0.4) is 0 Å². The smallest absolute Gasteiger partial charge is 0.155 e. The Labute approximate surface area is 70.1 Å². The monoisotopic (exact) mass is 163 g/mol. The molecule has 3 nitrogen and oxygen atoms in total. The molecule has 0 aliphatic heterocycles. The van der Waals surface area contributed by atoms with Crippen molar-refractivity contribution in [2.45, 2.75) is 54.1 Å². The first-order chi connectivity index (χ1) is 5.06. The summed E-state index contributed by atoms with van der Waals surface area (Å²) in [5.41, 5.74) is -0.429. The van der Waals surface area contributed by atoms with Gasteiger partial charge in [-0.05, 0) is 20.8 Å². The molecule has 0 fully saturated rings. The molecule has 0 N–H and O–H groups in total. The standard InChI is InChI=1S/C4H9NO2.2C2H6/c1-4(2,3)7-5-6;2*1-2/h1-3H3;2*1-2H3. The van der Waals surface area contributed by atoms with Gasteiger partial charge in [-0.15, -0.1) is 4.91 Å². The summed E-state index contributed by atoms with van der Waals surface area (Å²) in [5.74, 6) is 0. The molecule has 70 valence electrons. The van der Waals surface area contributed by atoms with E-state index in [9.17, 15) is 4.91 Å². The van der Waals surface area contributed by atoms with E-state index in [0.717, 1.165) is 0 Å². The second-order valence-corrected chi connectivity index (χ2v) is 2.28. The molecule has 0 spiro atoms. The lowest BCUT2D eigenvalue weighted by Gasteiger charge is -2.11. The Morgan fingerprint density at radius 1 is 1.00 bits per heavy atom. The molecule has 0 aromatic rings. The zero-order chi connectivity index (χ0) is 9.91. The normalized spacial score (nSPS) is 7.91. The fourth-order valence-electron chi connectivity index (χ4n) is 0.112. The van der Waals surface area contributed by atoms with Crippen LogP contribution in [0.1, 0.15) is 48.5 Å². The second kappa shape index (κ2) is 12.1. The number of hydrogen-bond acceptors (Lipinski definition) is 3. The van der Waals surface area contributed by atoms with Gasteiger partial charge in [-0.2, -0.15) is 0 Å². The molecule has 0 aliphatic rings. The highest BCUT2D eigenvalue weighted by Gasteiger charge is 2.09. The lowest BCUT2D eigenvalue weighted by atomic mass is 10.2. The second-order valence-electron chi connectivity index (χ2n) is 2.28. The van der Waals surface area contributed by atoms with Gasteiger partial charge in [0.1, 0.15) is 5.60 Å². The highest BCUT2D eigenvalue weighted by Crippen LogP contribution is 2.05. The maximum absolute atomic E-state index is 9.35. The molecule has 3 heteroatoms. The first-order valence-electron chi connectivity index (χ1n) is 4.07. The van der Waals surface area contributed by atoms with Crippen LogP contribution in [0, 0.1) is 4.91 Å². The van der Waals surface area contributed by atoms with Gasteiger partial charge >= 0.3 is 0 Å². The quantitative estimate of drug-likeness (QED) is 0.438. The number of rotatable bonds is 1. The molecule has 0 radical (unpaired) electrons. The van der Waals surface area contributed by atoms with E-state index in [1.807, 2.05) is 27.7 Å². The molecule has 0 atom stereocenters. The SMILES string of the molecule is CC.CC.CC(C)(C)ON=O. The van der Waals surface area contributed by atoms with E-state index in [1.165, 1.54) is 0 Å². The van der Waals surface area contributed by atoms with Crippen LogP contribution in [0.25, 0.3) is 0 Å². The van der Waals surface area contributed by atoms with E-state index >= 15 is 0 Å². The van der Waals surface area contributed by atoms with Crippen LogP contribution in [0.5, 0.6) is 0 Å². The van der Waals surface area contributed by atoms with Gasteiger partial charge in [0.15, 0.2) is 5.34 Å². The third-order valence-electron chi connectivity index (χ3n) is 0.311. The van der Waals surface area contributed by atoms with Gasteiger partial charge in [0.25, 0.3) is 0 Å². The summed E-state index contributed by atoms with van der Waals surface area (Å²) >= 11 is 0. The summed E-state index contributed by atoms with van der Waals surface area (Å²) in [4.78, 5) is 13.6. The molecule has 0 saturated carbocycles. The van der Waals surface area contributed by atoms with Gasteiger partial charge in [0.2, 0.25) is 0 Å². The summed E-state index contributed by atoms with van der Waals surface area (Å²) in [5, 5.41) is 2.26.